The van der Waals surface area contributed by atoms with Crippen LogP contribution in [-0.4, -0.2) is 41.6 Å². The number of pyridine rings is 1. The van der Waals surface area contributed by atoms with E-state index in [-0.39, 0.29) is 5.91 Å². The second-order valence-electron chi connectivity index (χ2n) is 8.32. The molecule has 0 aliphatic carbocycles. The Morgan fingerprint density at radius 1 is 1.06 bits per heavy atom. The molecule has 2 aromatic heterocycles. The second-order valence-corrected chi connectivity index (χ2v) is 8.73. The van der Waals surface area contributed by atoms with Gasteiger partial charge in [-0.1, -0.05) is 35.9 Å². The lowest BCUT2D eigenvalue weighted by Gasteiger charge is -2.29. The molecule has 2 N–H and O–H groups in total. The normalized spacial score (nSPS) is 14.0. The Bertz CT molecular complexity index is 1320. The Morgan fingerprint density at radius 3 is 2.55 bits per heavy atom. The minimum Gasteiger partial charge on any atom is -0.369 e. The SMILES string of the molecule is CC(=O)Nc1cccc(-c2c(-c3ccc(N4CCNCC4)cc3)n(C)c3nccc(Cl)c23)c1. The Hall–Kier alpha value is -3.35. The van der Waals surface area contributed by atoms with Crippen molar-refractivity contribution < 1.29 is 4.79 Å². The molecular weight excluding hydrogens is 434 g/mol. The lowest BCUT2D eigenvalue weighted by molar-refractivity contribution is -0.114. The van der Waals surface area contributed by atoms with Crippen molar-refractivity contribution in [3.63, 3.8) is 0 Å². The van der Waals surface area contributed by atoms with Crippen LogP contribution in [0, 0.1) is 0 Å². The Labute approximate surface area is 198 Å². The average Bonchev–Trinajstić information content (AvgIpc) is 3.13. The van der Waals surface area contributed by atoms with E-state index in [1.165, 1.54) is 12.6 Å². The fraction of sp³-hybridized carbons (Fsp3) is 0.231. The molecule has 5 rings (SSSR count). The zero-order chi connectivity index (χ0) is 22.9. The van der Waals surface area contributed by atoms with E-state index in [1.54, 1.807) is 6.20 Å². The van der Waals surface area contributed by atoms with Crippen molar-refractivity contribution in [1.82, 2.24) is 14.9 Å². The third kappa shape index (κ3) is 4.08. The summed E-state index contributed by atoms with van der Waals surface area (Å²) < 4.78 is 2.10. The summed E-state index contributed by atoms with van der Waals surface area (Å²) in [5.41, 5.74) is 6.91. The molecule has 3 heterocycles. The maximum absolute atomic E-state index is 11.6. The zero-order valence-corrected chi connectivity index (χ0v) is 19.5. The highest BCUT2D eigenvalue weighted by Crippen LogP contribution is 2.43. The molecule has 0 saturated carbocycles. The molecule has 7 heteroatoms. The van der Waals surface area contributed by atoms with E-state index >= 15 is 0 Å². The fourth-order valence-corrected chi connectivity index (χ4v) is 4.87. The fourth-order valence-electron chi connectivity index (χ4n) is 4.63. The number of aromatic nitrogens is 2. The van der Waals surface area contributed by atoms with Gasteiger partial charge in [-0.15, -0.1) is 0 Å². The lowest BCUT2D eigenvalue weighted by Crippen LogP contribution is -2.43. The van der Waals surface area contributed by atoms with Gasteiger partial charge in [0.25, 0.3) is 0 Å². The lowest BCUT2D eigenvalue weighted by atomic mass is 9.98. The number of rotatable bonds is 4. The van der Waals surface area contributed by atoms with E-state index in [4.69, 9.17) is 11.6 Å². The van der Waals surface area contributed by atoms with Crippen LogP contribution in [-0.2, 0) is 11.8 Å². The number of anilines is 2. The third-order valence-electron chi connectivity index (χ3n) is 6.11. The predicted octanol–water partition coefficient (Wildman–Crippen LogP) is 4.93. The van der Waals surface area contributed by atoms with E-state index in [0.29, 0.717) is 5.02 Å². The van der Waals surface area contributed by atoms with Gasteiger partial charge in [-0.2, -0.15) is 0 Å². The topological polar surface area (TPSA) is 62.2 Å². The van der Waals surface area contributed by atoms with Crippen molar-refractivity contribution in [2.45, 2.75) is 6.92 Å². The van der Waals surface area contributed by atoms with E-state index < -0.39 is 0 Å². The maximum Gasteiger partial charge on any atom is 0.221 e. The van der Waals surface area contributed by atoms with Crippen LogP contribution >= 0.6 is 11.6 Å². The van der Waals surface area contributed by atoms with Gasteiger partial charge in [0, 0.05) is 68.7 Å². The summed E-state index contributed by atoms with van der Waals surface area (Å²) in [5.74, 6) is -0.103. The first-order chi connectivity index (χ1) is 16.0. The summed E-state index contributed by atoms with van der Waals surface area (Å²) in [5, 5.41) is 7.84. The zero-order valence-electron chi connectivity index (χ0n) is 18.7. The minimum absolute atomic E-state index is 0.103. The molecule has 1 fully saturated rings. The smallest absolute Gasteiger partial charge is 0.221 e. The molecule has 0 bridgehead atoms. The average molecular weight is 460 g/mol. The standard InChI is InChI=1S/C26H26ClN5O/c1-17(33)30-20-5-3-4-19(16-20)23-24-22(27)10-11-29-26(24)31(2)25(23)18-6-8-21(9-7-18)32-14-12-28-13-15-32/h3-11,16,28H,12-15H2,1-2H3,(H,30,33). The first kappa shape index (κ1) is 21.5. The predicted molar refractivity (Wildman–Crippen MR) is 136 cm³/mol. The van der Waals surface area contributed by atoms with Crippen molar-refractivity contribution in [2.75, 3.05) is 36.4 Å². The monoisotopic (exact) mass is 459 g/mol. The van der Waals surface area contributed by atoms with E-state index in [0.717, 1.165) is 65.3 Å². The first-order valence-corrected chi connectivity index (χ1v) is 11.5. The summed E-state index contributed by atoms with van der Waals surface area (Å²) in [6, 6.07) is 18.4. The number of hydrogen-bond donors (Lipinski definition) is 2. The van der Waals surface area contributed by atoms with Crippen molar-refractivity contribution in [1.29, 1.82) is 0 Å². The van der Waals surface area contributed by atoms with E-state index in [2.05, 4.69) is 49.4 Å². The quantitative estimate of drug-likeness (QED) is 0.454. The molecule has 1 aliphatic rings. The van der Waals surface area contributed by atoms with Gasteiger partial charge in [0.1, 0.15) is 5.65 Å². The molecule has 0 spiro atoms. The van der Waals surface area contributed by atoms with Crippen molar-refractivity contribution in [2.24, 2.45) is 7.05 Å². The van der Waals surface area contributed by atoms with Crippen LogP contribution in [0.15, 0.2) is 60.8 Å². The molecule has 2 aromatic carbocycles. The van der Waals surface area contributed by atoms with Gasteiger partial charge >= 0.3 is 0 Å². The number of carbonyl (C=O) groups is 1. The van der Waals surface area contributed by atoms with E-state index in [1.807, 2.05) is 37.4 Å². The van der Waals surface area contributed by atoms with Crippen molar-refractivity contribution in [3.05, 3.63) is 65.8 Å². The number of amides is 1. The van der Waals surface area contributed by atoms with Crippen LogP contribution in [0.4, 0.5) is 11.4 Å². The number of benzene rings is 2. The minimum atomic E-state index is -0.103. The second kappa shape index (κ2) is 8.89. The highest BCUT2D eigenvalue weighted by molar-refractivity contribution is 6.37. The Kier molecular flexibility index (Phi) is 5.79. The number of fused-ring (bicyclic) bond motifs is 1. The Morgan fingerprint density at radius 2 is 1.82 bits per heavy atom. The van der Waals surface area contributed by atoms with Crippen LogP contribution in [0.1, 0.15) is 6.92 Å². The van der Waals surface area contributed by atoms with Crippen molar-refractivity contribution in [3.8, 4) is 22.4 Å². The molecule has 6 nitrogen and oxygen atoms in total. The van der Waals surface area contributed by atoms with Gasteiger partial charge < -0.3 is 20.1 Å². The van der Waals surface area contributed by atoms with Gasteiger partial charge in [-0.05, 0) is 41.5 Å². The highest BCUT2D eigenvalue weighted by atomic mass is 35.5. The molecule has 0 unspecified atom stereocenters. The number of carbonyl (C=O) groups excluding carboxylic acids is 1. The third-order valence-corrected chi connectivity index (χ3v) is 6.43. The number of hydrogen-bond acceptors (Lipinski definition) is 4. The summed E-state index contributed by atoms with van der Waals surface area (Å²) in [4.78, 5) is 18.7. The molecule has 1 saturated heterocycles. The van der Waals surface area contributed by atoms with Gasteiger partial charge in [0.2, 0.25) is 5.91 Å². The molecule has 168 valence electrons. The van der Waals surface area contributed by atoms with Crippen LogP contribution in [0.2, 0.25) is 5.02 Å². The molecule has 1 aliphatic heterocycles. The van der Waals surface area contributed by atoms with Gasteiger partial charge in [0.15, 0.2) is 0 Å². The maximum atomic E-state index is 11.6. The Balaban J connectivity index is 1.67. The summed E-state index contributed by atoms with van der Waals surface area (Å²) >= 11 is 6.70. The largest absolute Gasteiger partial charge is 0.369 e. The number of piperazine rings is 1. The van der Waals surface area contributed by atoms with Gasteiger partial charge in [-0.3, -0.25) is 4.79 Å². The molecular formula is C26H26ClN5O. The van der Waals surface area contributed by atoms with Crippen LogP contribution in [0.5, 0.6) is 0 Å². The van der Waals surface area contributed by atoms with Gasteiger partial charge in [0.05, 0.1) is 10.7 Å². The summed E-state index contributed by atoms with van der Waals surface area (Å²) in [7, 11) is 2.02. The molecule has 33 heavy (non-hydrogen) atoms. The molecule has 4 aromatic rings. The molecule has 0 radical (unpaired) electrons. The van der Waals surface area contributed by atoms with Crippen LogP contribution in [0.3, 0.4) is 0 Å². The number of aryl methyl sites for hydroxylation is 1. The summed E-state index contributed by atoms with van der Waals surface area (Å²) in [6.45, 7) is 5.53. The summed E-state index contributed by atoms with van der Waals surface area (Å²) in [6.07, 6.45) is 1.74. The van der Waals surface area contributed by atoms with Crippen LogP contribution < -0.4 is 15.5 Å². The highest BCUT2D eigenvalue weighted by Gasteiger charge is 2.22. The van der Waals surface area contributed by atoms with Gasteiger partial charge in [-0.25, -0.2) is 4.98 Å². The molecule has 0 atom stereocenters. The van der Waals surface area contributed by atoms with Crippen molar-refractivity contribution >= 4 is 39.9 Å². The first-order valence-electron chi connectivity index (χ1n) is 11.1. The number of halogens is 1. The van der Waals surface area contributed by atoms with E-state index in [9.17, 15) is 4.79 Å². The number of nitrogens with one attached hydrogen (secondary N) is 2. The number of nitrogens with zero attached hydrogens (tertiary/aromatic N) is 3. The molecule has 1 amide bonds. The van der Waals surface area contributed by atoms with Crippen LogP contribution in [0.25, 0.3) is 33.4 Å².